The summed E-state index contributed by atoms with van der Waals surface area (Å²) in [6, 6.07) is 4.31. The normalized spacial score (nSPS) is 15.6. The van der Waals surface area contributed by atoms with Crippen molar-refractivity contribution in [3.05, 3.63) is 57.5 Å². The van der Waals surface area contributed by atoms with E-state index < -0.39 is 23.5 Å². The van der Waals surface area contributed by atoms with Gasteiger partial charge in [-0.2, -0.15) is 13.2 Å². The first-order chi connectivity index (χ1) is 13.1. The minimum absolute atomic E-state index is 0.00426. The Bertz CT molecular complexity index is 866. The standard InChI is InChI=1S/C18H15Cl2F4N3O/c19-13-8-14(20)15(21)7-12(13)17(28)26-11-3-5-27(6-4-11)16-2-1-10(9-25-16)18(22,23)24/h1-2,7-9,11H,3-6H2,(H,26,28). The van der Waals surface area contributed by atoms with E-state index in [0.29, 0.717) is 31.7 Å². The zero-order chi connectivity index (χ0) is 20.5. The van der Waals surface area contributed by atoms with E-state index in [1.54, 1.807) is 0 Å². The summed E-state index contributed by atoms with van der Waals surface area (Å²) in [5.41, 5.74) is -0.805. The van der Waals surface area contributed by atoms with Crippen molar-refractivity contribution in [2.24, 2.45) is 0 Å². The number of carbonyl (C=O) groups excluding carboxylic acids is 1. The van der Waals surface area contributed by atoms with E-state index in [0.717, 1.165) is 18.3 Å². The second-order valence-electron chi connectivity index (χ2n) is 6.38. The smallest absolute Gasteiger partial charge is 0.356 e. The molecule has 0 unspecified atom stereocenters. The number of hydrogen-bond acceptors (Lipinski definition) is 3. The van der Waals surface area contributed by atoms with Gasteiger partial charge in [0.15, 0.2) is 0 Å². The Morgan fingerprint density at radius 2 is 1.82 bits per heavy atom. The highest BCUT2D eigenvalue weighted by Gasteiger charge is 2.31. The van der Waals surface area contributed by atoms with Crippen LogP contribution in [0.4, 0.5) is 23.4 Å². The number of alkyl halides is 3. The zero-order valence-electron chi connectivity index (χ0n) is 14.4. The van der Waals surface area contributed by atoms with Gasteiger partial charge in [-0.1, -0.05) is 23.2 Å². The third-order valence-corrected chi connectivity index (χ3v) is 5.09. The molecule has 1 fully saturated rings. The lowest BCUT2D eigenvalue weighted by Gasteiger charge is -2.33. The van der Waals surface area contributed by atoms with Crippen LogP contribution >= 0.6 is 23.2 Å². The fourth-order valence-corrected chi connectivity index (χ4v) is 3.42. The molecule has 1 amide bonds. The average Bonchev–Trinajstić information content (AvgIpc) is 2.64. The van der Waals surface area contributed by atoms with E-state index >= 15 is 0 Å². The van der Waals surface area contributed by atoms with Gasteiger partial charge in [-0.25, -0.2) is 9.37 Å². The maximum Gasteiger partial charge on any atom is 0.417 e. The lowest BCUT2D eigenvalue weighted by Crippen LogP contribution is -2.45. The number of carbonyl (C=O) groups is 1. The number of amides is 1. The molecule has 0 spiro atoms. The van der Waals surface area contributed by atoms with E-state index in [4.69, 9.17) is 23.2 Å². The summed E-state index contributed by atoms with van der Waals surface area (Å²) in [4.78, 5) is 18.1. The van der Waals surface area contributed by atoms with Crippen molar-refractivity contribution in [2.45, 2.75) is 25.1 Å². The van der Waals surface area contributed by atoms with Crippen LogP contribution in [0.1, 0.15) is 28.8 Å². The van der Waals surface area contributed by atoms with Gasteiger partial charge >= 0.3 is 6.18 Å². The molecule has 2 heterocycles. The minimum atomic E-state index is -4.43. The van der Waals surface area contributed by atoms with E-state index in [2.05, 4.69) is 10.3 Å². The molecule has 1 aromatic heterocycles. The van der Waals surface area contributed by atoms with Gasteiger partial charge in [-0.3, -0.25) is 4.79 Å². The van der Waals surface area contributed by atoms with Gasteiger partial charge in [0.1, 0.15) is 11.6 Å². The highest BCUT2D eigenvalue weighted by molar-refractivity contribution is 6.36. The molecule has 2 aromatic rings. The number of anilines is 1. The summed E-state index contributed by atoms with van der Waals surface area (Å²) in [6.45, 7) is 1.01. The average molecular weight is 436 g/mol. The number of benzene rings is 1. The molecule has 1 aromatic carbocycles. The maximum absolute atomic E-state index is 13.6. The number of pyridine rings is 1. The topological polar surface area (TPSA) is 45.2 Å². The largest absolute Gasteiger partial charge is 0.417 e. The summed E-state index contributed by atoms with van der Waals surface area (Å²) >= 11 is 11.6. The van der Waals surface area contributed by atoms with Crippen LogP contribution in [0.2, 0.25) is 10.0 Å². The van der Waals surface area contributed by atoms with Gasteiger partial charge in [0.05, 0.1) is 21.2 Å². The van der Waals surface area contributed by atoms with Crippen molar-refractivity contribution >= 4 is 34.9 Å². The number of nitrogens with zero attached hydrogens (tertiary/aromatic N) is 2. The maximum atomic E-state index is 13.6. The van der Waals surface area contributed by atoms with Crippen molar-refractivity contribution in [3.8, 4) is 0 Å². The lowest BCUT2D eigenvalue weighted by atomic mass is 10.0. The summed E-state index contributed by atoms with van der Waals surface area (Å²) < 4.78 is 51.4. The molecule has 0 aliphatic carbocycles. The Hall–Kier alpha value is -2.06. The highest BCUT2D eigenvalue weighted by atomic mass is 35.5. The van der Waals surface area contributed by atoms with Crippen molar-refractivity contribution in [2.75, 3.05) is 18.0 Å². The molecule has 1 saturated heterocycles. The summed E-state index contributed by atoms with van der Waals surface area (Å²) in [6.07, 6.45) is -2.50. The molecule has 0 saturated carbocycles. The predicted octanol–water partition coefficient (Wildman–Crippen LogP) is 4.95. The van der Waals surface area contributed by atoms with Crippen LogP contribution in [-0.2, 0) is 6.18 Å². The number of nitrogens with one attached hydrogen (secondary N) is 1. The summed E-state index contributed by atoms with van der Waals surface area (Å²) in [7, 11) is 0. The van der Waals surface area contributed by atoms with Crippen molar-refractivity contribution in [3.63, 3.8) is 0 Å². The van der Waals surface area contributed by atoms with Crippen LogP contribution in [0.15, 0.2) is 30.5 Å². The van der Waals surface area contributed by atoms with Gasteiger partial charge in [-0.15, -0.1) is 0 Å². The Labute approximate surface area is 168 Å². The first kappa shape index (κ1) is 20.7. The molecular weight excluding hydrogens is 421 g/mol. The van der Waals surface area contributed by atoms with E-state index in [1.807, 2.05) is 4.90 Å². The molecule has 28 heavy (non-hydrogen) atoms. The van der Waals surface area contributed by atoms with Crippen LogP contribution < -0.4 is 10.2 Å². The second kappa shape index (κ2) is 8.13. The van der Waals surface area contributed by atoms with Gasteiger partial charge in [0.2, 0.25) is 0 Å². The molecule has 1 aliphatic heterocycles. The number of halogens is 6. The molecular formula is C18H15Cl2F4N3O. The third kappa shape index (κ3) is 4.67. The van der Waals surface area contributed by atoms with Crippen molar-refractivity contribution < 1.29 is 22.4 Å². The Morgan fingerprint density at radius 3 is 2.39 bits per heavy atom. The van der Waals surface area contributed by atoms with E-state index in [9.17, 15) is 22.4 Å². The summed E-state index contributed by atoms with van der Waals surface area (Å²) in [5.74, 6) is -0.799. The van der Waals surface area contributed by atoms with Crippen molar-refractivity contribution in [1.82, 2.24) is 10.3 Å². The van der Waals surface area contributed by atoms with Crippen LogP contribution in [0.5, 0.6) is 0 Å². The quantitative estimate of drug-likeness (QED) is 0.548. The minimum Gasteiger partial charge on any atom is -0.356 e. The number of hydrogen-bond donors (Lipinski definition) is 1. The van der Waals surface area contributed by atoms with Gasteiger partial charge < -0.3 is 10.2 Å². The lowest BCUT2D eigenvalue weighted by molar-refractivity contribution is -0.137. The predicted molar refractivity (Wildman–Crippen MR) is 98.4 cm³/mol. The van der Waals surface area contributed by atoms with Gasteiger partial charge in [0.25, 0.3) is 5.91 Å². The highest BCUT2D eigenvalue weighted by Crippen LogP contribution is 2.30. The van der Waals surface area contributed by atoms with Gasteiger partial charge in [0, 0.05) is 25.3 Å². The molecule has 1 N–H and O–H groups in total. The fourth-order valence-electron chi connectivity index (χ4n) is 2.95. The van der Waals surface area contributed by atoms with E-state index in [-0.39, 0.29) is 21.7 Å². The van der Waals surface area contributed by atoms with Crippen LogP contribution in [-0.4, -0.2) is 30.0 Å². The molecule has 150 valence electrons. The monoisotopic (exact) mass is 435 g/mol. The zero-order valence-corrected chi connectivity index (χ0v) is 15.9. The number of aromatic nitrogens is 1. The van der Waals surface area contributed by atoms with Crippen LogP contribution in [0, 0.1) is 5.82 Å². The number of rotatable bonds is 3. The number of piperidine rings is 1. The fraction of sp³-hybridized carbons (Fsp3) is 0.333. The molecule has 0 bridgehead atoms. The Kier molecular flexibility index (Phi) is 6.00. The van der Waals surface area contributed by atoms with Crippen LogP contribution in [0.25, 0.3) is 0 Å². The molecule has 0 atom stereocenters. The molecule has 3 rings (SSSR count). The molecule has 0 radical (unpaired) electrons. The first-order valence-corrected chi connectivity index (χ1v) is 9.14. The summed E-state index contributed by atoms with van der Waals surface area (Å²) in [5, 5.41) is 2.68. The Morgan fingerprint density at radius 1 is 1.14 bits per heavy atom. The van der Waals surface area contributed by atoms with Crippen molar-refractivity contribution in [1.29, 1.82) is 0 Å². The molecule has 10 heteroatoms. The second-order valence-corrected chi connectivity index (χ2v) is 7.20. The molecule has 1 aliphatic rings. The molecule has 4 nitrogen and oxygen atoms in total. The first-order valence-electron chi connectivity index (χ1n) is 8.39. The SMILES string of the molecule is O=C(NC1CCN(c2ccc(C(F)(F)F)cn2)CC1)c1cc(F)c(Cl)cc1Cl. The third-order valence-electron chi connectivity index (χ3n) is 4.48. The van der Waals surface area contributed by atoms with Crippen LogP contribution in [0.3, 0.4) is 0 Å². The van der Waals surface area contributed by atoms with Gasteiger partial charge in [-0.05, 0) is 37.1 Å². The Balaban J connectivity index is 1.58. The van der Waals surface area contributed by atoms with E-state index in [1.165, 1.54) is 12.1 Å².